The largest absolute Gasteiger partial charge is 0.466 e. The molecule has 0 saturated carbocycles. The molecule has 21 heavy (non-hydrogen) atoms. The van der Waals surface area contributed by atoms with Gasteiger partial charge in [-0.3, -0.25) is 4.79 Å². The number of carbonyl (C=O) groups is 1. The van der Waals surface area contributed by atoms with Crippen molar-refractivity contribution >= 4 is 17.6 Å². The highest BCUT2D eigenvalue weighted by molar-refractivity contribution is 6.31. The predicted octanol–water partition coefficient (Wildman–Crippen LogP) is 2.65. The normalized spacial score (nSPS) is 18.4. The molecule has 2 atom stereocenters. The lowest BCUT2D eigenvalue weighted by Crippen LogP contribution is -2.36. The van der Waals surface area contributed by atoms with E-state index in [9.17, 15) is 9.90 Å². The van der Waals surface area contributed by atoms with Crippen LogP contribution >= 0.6 is 11.6 Å². The minimum Gasteiger partial charge on any atom is -0.466 e. The summed E-state index contributed by atoms with van der Waals surface area (Å²) in [5, 5.41) is 11.1. The van der Waals surface area contributed by atoms with Crippen LogP contribution in [0.5, 0.6) is 0 Å². The van der Waals surface area contributed by atoms with Crippen LogP contribution in [0.25, 0.3) is 0 Å². The zero-order valence-electron chi connectivity index (χ0n) is 12.3. The molecule has 1 N–H and O–H groups in total. The van der Waals surface area contributed by atoms with E-state index in [1.54, 1.807) is 25.1 Å². The molecule has 1 aromatic carbocycles. The van der Waals surface area contributed by atoms with Gasteiger partial charge in [0.15, 0.2) is 0 Å². The summed E-state index contributed by atoms with van der Waals surface area (Å²) in [6, 6.07) is 7.09. The summed E-state index contributed by atoms with van der Waals surface area (Å²) >= 11 is 6.14. The maximum absolute atomic E-state index is 12.2. The zero-order chi connectivity index (χ0) is 15.2. The van der Waals surface area contributed by atoms with E-state index >= 15 is 0 Å². The minimum absolute atomic E-state index is 0.310. The lowest BCUT2D eigenvalue weighted by molar-refractivity contribution is -0.153. The van der Waals surface area contributed by atoms with Gasteiger partial charge in [-0.15, -0.1) is 0 Å². The van der Waals surface area contributed by atoms with Gasteiger partial charge < -0.3 is 14.7 Å². The molecule has 0 amide bonds. The first-order valence-electron chi connectivity index (χ1n) is 7.45. The van der Waals surface area contributed by atoms with Crippen molar-refractivity contribution in [1.29, 1.82) is 0 Å². The summed E-state index contributed by atoms with van der Waals surface area (Å²) in [5.41, 5.74) is 0.580. The highest BCUT2D eigenvalue weighted by Gasteiger charge is 2.32. The fourth-order valence-corrected chi connectivity index (χ4v) is 2.98. The van der Waals surface area contributed by atoms with Crippen molar-refractivity contribution in [2.24, 2.45) is 5.92 Å². The van der Waals surface area contributed by atoms with E-state index in [4.69, 9.17) is 16.3 Å². The molecule has 0 spiro atoms. The number of hydrogen-bond acceptors (Lipinski definition) is 4. The summed E-state index contributed by atoms with van der Waals surface area (Å²) in [5.74, 6) is -0.972. The van der Waals surface area contributed by atoms with Crippen molar-refractivity contribution in [2.75, 3.05) is 26.2 Å². The molecular formula is C16H22ClNO3. The monoisotopic (exact) mass is 311 g/mol. The summed E-state index contributed by atoms with van der Waals surface area (Å²) in [4.78, 5) is 14.4. The summed E-state index contributed by atoms with van der Waals surface area (Å²) in [7, 11) is 0. The molecule has 1 aromatic rings. The van der Waals surface area contributed by atoms with Crippen molar-refractivity contribution in [3.63, 3.8) is 0 Å². The lowest BCUT2D eigenvalue weighted by atomic mass is 9.95. The van der Waals surface area contributed by atoms with Crippen LogP contribution < -0.4 is 0 Å². The molecule has 1 fully saturated rings. The molecule has 2 unspecified atom stereocenters. The fraction of sp³-hybridized carbons (Fsp3) is 0.562. The van der Waals surface area contributed by atoms with Gasteiger partial charge in [-0.25, -0.2) is 0 Å². The highest BCUT2D eigenvalue weighted by atomic mass is 35.5. The minimum atomic E-state index is -0.946. The van der Waals surface area contributed by atoms with Crippen LogP contribution in [-0.4, -0.2) is 42.2 Å². The van der Waals surface area contributed by atoms with Crippen LogP contribution in [0.2, 0.25) is 5.02 Å². The van der Waals surface area contributed by atoms with Gasteiger partial charge >= 0.3 is 5.97 Å². The predicted molar refractivity (Wildman–Crippen MR) is 82.2 cm³/mol. The number of rotatable bonds is 6. The quantitative estimate of drug-likeness (QED) is 0.821. The standard InChI is InChI=1S/C16H22ClNO3/c1-2-21-16(20)13(11-18-9-5-6-10-18)15(19)12-7-3-4-8-14(12)17/h3-4,7-8,13,15,19H,2,5-6,9-11H2,1H3. The molecule has 5 heteroatoms. The van der Waals surface area contributed by atoms with Crippen LogP contribution in [0, 0.1) is 5.92 Å². The number of nitrogens with zero attached hydrogens (tertiary/aromatic N) is 1. The second-order valence-electron chi connectivity index (χ2n) is 5.33. The van der Waals surface area contributed by atoms with E-state index in [1.807, 2.05) is 6.07 Å². The third-order valence-electron chi connectivity index (χ3n) is 3.85. The molecule has 2 rings (SSSR count). The molecular weight excluding hydrogens is 290 g/mol. The topological polar surface area (TPSA) is 49.8 Å². The average Bonchev–Trinajstić information content (AvgIpc) is 2.98. The Hall–Kier alpha value is -1.10. The summed E-state index contributed by atoms with van der Waals surface area (Å²) < 4.78 is 5.13. The Bertz CT molecular complexity index is 474. The van der Waals surface area contributed by atoms with E-state index in [0.717, 1.165) is 25.9 Å². The van der Waals surface area contributed by atoms with Crippen LogP contribution in [0.4, 0.5) is 0 Å². The second kappa shape index (κ2) is 7.78. The first-order chi connectivity index (χ1) is 10.1. The Kier molecular flexibility index (Phi) is 6.03. The van der Waals surface area contributed by atoms with Crippen LogP contribution in [0.15, 0.2) is 24.3 Å². The van der Waals surface area contributed by atoms with E-state index in [2.05, 4.69) is 4.90 Å². The fourth-order valence-electron chi connectivity index (χ4n) is 2.73. The van der Waals surface area contributed by atoms with Gasteiger partial charge in [-0.2, -0.15) is 0 Å². The molecule has 1 aliphatic rings. The van der Waals surface area contributed by atoms with Gasteiger partial charge in [-0.05, 0) is 38.9 Å². The highest BCUT2D eigenvalue weighted by Crippen LogP contribution is 2.30. The molecule has 1 saturated heterocycles. The van der Waals surface area contributed by atoms with Crippen molar-refractivity contribution in [2.45, 2.75) is 25.9 Å². The maximum atomic E-state index is 12.2. The number of aliphatic hydroxyl groups is 1. The third kappa shape index (κ3) is 4.19. The number of aliphatic hydroxyl groups excluding tert-OH is 1. The first-order valence-corrected chi connectivity index (χ1v) is 7.82. The van der Waals surface area contributed by atoms with Crippen LogP contribution in [0.3, 0.4) is 0 Å². The number of likely N-dealkylation sites (tertiary alicyclic amines) is 1. The van der Waals surface area contributed by atoms with E-state index in [0.29, 0.717) is 23.7 Å². The lowest BCUT2D eigenvalue weighted by Gasteiger charge is -2.26. The number of hydrogen-bond donors (Lipinski definition) is 1. The van der Waals surface area contributed by atoms with Crippen LogP contribution in [0.1, 0.15) is 31.4 Å². The third-order valence-corrected chi connectivity index (χ3v) is 4.19. The van der Waals surface area contributed by atoms with Crippen molar-refractivity contribution < 1.29 is 14.6 Å². The summed E-state index contributed by atoms with van der Waals surface area (Å²) in [6.45, 7) is 4.51. The number of esters is 1. The number of ether oxygens (including phenoxy) is 1. The molecule has 1 heterocycles. The van der Waals surface area contributed by atoms with Crippen molar-refractivity contribution in [3.8, 4) is 0 Å². The Labute approximate surface area is 130 Å². The van der Waals surface area contributed by atoms with Gasteiger partial charge in [0.2, 0.25) is 0 Å². The summed E-state index contributed by atoms with van der Waals surface area (Å²) in [6.07, 6.45) is 1.33. The van der Waals surface area contributed by atoms with Crippen molar-refractivity contribution in [1.82, 2.24) is 4.90 Å². The van der Waals surface area contributed by atoms with Crippen LogP contribution in [-0.2, 0) is 9.53 Å². The average molecular weight is 312 g/mol. The second-order valence-corrected chi connectivity index (χ2v) is 5.74. The van der Waals surface area contributed by atoms with Crippen molar-refractivity contribution in [3.05, 3.63) is 34.9 Å². The van der Waals surface area contributed by atoms with Gasteiger partial charge in [0, 0.05) is 17.1 Å². The SMILES string of the molecule is CCOC(=O)C(CN1CCCC1)C(O)c1ccccc1Cl. The maximum Gasteiger partial charge on any atom is 0.313 e. The molecule has 1 aliphatic heterocycles. The van der Waals surface area contributed by atoms with Gasteiger partial charge in [0.1, 0.15) is 0 Å². The Morgan fingerprint density at radius 3 is 2.67 bits per heavy atom. The number of halogens is 1. The van der Waals surface area contributed by atoms with E-state index in [-0.39, 0.29) is 5.97 Å². The first kappa shape index (κ1) is 16.3. The molecule has 4 nitrogen and oxygen atoms in total. The molecule has 0 bridgehead atoms. The smallest absolute Gasteiger partial charge is 0.313 e. The van der Waals surface area contributed by atoms with Gasteiger partial charge in [-0.1, -0.05) is 29.8 Å². The molecule has 0 aromatic heterocycles. The number of benzene rings is 1. The number of carbonyl (C=O) groups excluding carboxylic acids is 1. The molecule has 116 valence electrons. The Morgan fingerprint density at radius 1 is 1.38 bits per heavy atom. The molecule has 0 radical (unpaired) electrons. The van der Waals surface area contributed by atoms with Gasteiger partial charge in [0.25, 0.3) is 0 Å². The zero-order valence-corrected chi connectivity index (χ0v) is 13.1. The molecule has 0 aliphatic carbocycles. The van der Waals surface area contributed by atoms with Gasteiger partial charge in [0.05, 0.1) is 18.6 Å². The Balaban J connectivity index is 2.16. The van der Waals surface area contributed by atoms with E-state index < -0.39 is 12.0 Å². The Morgan fingerprint density at radius 2 is 2.05 bits per heavy atom. The van der Waals surface area contributed by atoms with E-state index in [1.165, 1.54) is 0 Å².